The average molecular weight is 204 g/mol. The number of anilines is 2. The van der Waals surface area contributed by atoms with Crippen molar-refractivity contribution in [3.63, 3.8) is 0 Å². The topological polar surface area (TPSA) is 38.5 Å². The zero-order chi connectivity index (χ0) is 10.3. The predicted octanol–water partition coefficient (Wildman–Crippen LogP) is 1.28. The lowest BCUT2D eigenvalue weighted by atomic mass is 10.1. The van der Waals surface area contributed by atoms with E-state index in [4.69, 9.17) is 10.5 Å². The molecule has 0 amide bonds. The van der Waals surface area contributed by atoms with Crippen LogP contribution in [-0.4, -0.2) is 26.3 Å². The van der Waals surface area contributed by atoms with Gasteiger partial charge >= 0.3 is 0 Å². The van der Waals surface area contributed by atoms with Crippen LogP contribution >= 0.6 is 0 Å². The molecule has 80 valence electrons. The summed E-state index contributed by atoms with van der Waals surface area (Å²) in [5, 5.41) is 0. The summed E-state index contributed by atoms with van der Waals surface area (Å²) in [6.45, 7) is 4.13. The number of rotatable bonds is 2. The molecule has 0 saturated carbocycles. The van der Waals surface area contributed by atoms with E-state index in [2.05, 4.69) is 17.0 Å². The Labute approximate surface area is 89.8 Å². The van der Waals surface area contributed by atoms with E-state index < -0.39 is 0 Å². The summed E-state index contributed by atoms with van der Waals surface area (Å²) < 4.78 is 5.21. The van der Waals surface area contributed by atoms with Crippen molar-refractivity contribution >= 4 is 11.4 Å². The summed E-state index contributed by atoms with van der Waals surface area (Å²) in [7, 11) is 0. The van der Waals surface area contributed by atoms with Gasteiger partial charge in [0, 0.05) is 30.4 Å². The second kappa shape index (κ2) is 3.42. The van der Waals surface area contributed by atoms with Gasteiger partial charge in [-0.05, 0) is 30.2 Å². The lowest BCUT2D eigenvalue weighted by Crippen LogP contribution is -2.38. The molecule has 2 aliphatic rings. The summed E-state index contributed by atoms with van der Waals surface area (Å²) in [5.74, 6) is 0.730. The smallest absolute Gasteiger partial charge is 0.0533 e. The monoisotopic (exact) mass is 204 g/mol. The average Bonchev–Trinajstić information content (AvgIpc) is 2.54. The summed E-state index contributed by atoms with van der Waals surface area (Å²) in [6.07, 6.45) is 1.13. The number of benzene rings is 1. The van der Waals surface area contributed by atoms with Crippen LogP contribution in [0.15, 0.2) is 18.2 Å². The van der Waals surface area contributed by atoms with Gasteiger partial charge in [-0.1, -0.05) is 0 Å². The molecule has 0 radical (unpaired) electrons. The van der Waals surface area contributed by atoms with Gasteiger partial charge in [0.2, 0.25) is 0 Å². The van der Waals surface area contributed by atoms with Gasteiger partial charge in [-0.15, -0.1) is 0 Å². The summed E-state index contributed by atoms with van der Waals surface area (Å²) in [5.41, 5.74) is 9.42. The van der Waals surface area contributed by atoms with Crippen molar-refractivity contribution in [2.45, 2.75) is 6.42 Å². The molecular formula is C12H16N2O. The minimum absolute atomic E-state index is 0.730. The van der Waals surface area contributed by atoms with Crippen LogP contribution in [0.5, 0.6) is 0 Å². The first kappa shape index (κ1) is 9.04. The van der Waals surface area contributed by atoms with Crippen molar-refractivity contribution in [2.24, 2.45) is 5.92 Å². The molecule has 3 rings (SSSR count). The minimum atomic E-state index is 0.730. The van der Waals surface area contributed by atoms with E-state index in [0.717, 1.165) is 44.3 Å². The first-order chi connectivity index (χ1) is 7.33. The van der Waals surface area contributed by atoms with Crippen molar-refractivity contribution in [2.75, 3.05) is 36.9 Å². The van der Waals surface area contributed by atoms with Gasteiger partial charge in [-0.25, -0.2) is 0 Å². The fourth-order valence-electron chi connectivity index (χ4n) is 2.38. The zero-order valence-electron chi connectivity index (χ0n) is 8.78. The number of nitrogens with zero attached hydrogens (tertiary/aromatic N) is 1. The van der Waals surface area contributed by atoms with Gasteiger partial charge in [0.25, 0.3) is 0 Å². The lowest BCUT2D eigenvalue weighted by Gasteiger charge is -2.31. The molecule has 2 N–H and O–H groups in total. The molecule has 0 unspecified atom stereocenters. The predicted molar refractivity (Wildman–Crippen MR) is 61.1 cm³/mol. The van der Waals surface area contributed by atoms with Crippen LogP contribution in [0.4, 0.5) is 11.4 Å². The van der Waals surface area contributed by atoms with Crippen LogP contribution in [0.25, 0.3) is 0 Å². The van der Waals surface area contributed by atoms with E-state index in [9.17, 15) is 0 Å². The Morgan fingerprint density at radius 3 is 3.00 bits per heavy atom. The van der Waals surface area contributed by atoms with E-state index in [0.29, 0.717) is 0 Å². The van der Waals surface area contributed by atoms with Gasteiger partial charge in [0.1, 0.15) is 0 Å². The highest BCUT2D eigenvalue weighted by Crippen LogP contribution is 2.30. The van der Waals surface area contributed by atoms with E-state index in [1.54, 1.807) is 0 Å². The third-order valence-electron chi connectivity index (χ3n) is 3.28. The molecule has 1 fully saturated rings. The van der Waals surface area contributed by atoms with Crippen molar-refractivity contribution < 1.29 is 4.74 Å². The van der Waals surface area contributed by atoms with Crippen LogP contribution in [-0.2, 0) is 11.2 Å². The number of hydrogen-bond acceptors (Lipinski definition) is 3. The maximum absolute atomic E-state index is 5.78. The Balaban J connectivity index is 1.78. The second-order valence-electron chi connectivity index (χ2n) is 4.49. The number of nitrogen functional groups attached to an aromatic ring is 1. The van der Waals surface area contributed by atoms with E-state index in [-0.39, 0.29) is 0 Å². The molecular weight excluding hydrogens is 188 g/mol. The molecule has 0 spiro atoms. The Hall–Kier alpha value is -1.22. The van der Waals surface area contributed by atoms with Crippen LogP contribution in [0.1, 0.15) is 5.56 Å². The highest BCUT2D eigenvalue weighted by Gasteiger charge is 2.25. The lowest BCUT2D eigenvalue weighted by molar-refractivity contribution is -0.0274. The molecule has 0 aliphatic carbocycles. The number of nitrogens with two attached hydrogens (primary N) is 1. The molecule has 2 heterocycles. The van der Waals surface area contributed by atoms with Crippen LogP contribution < -0.4 is 10.6 Å². The zero-order valence-corrected chi connectivity index (χ0v) is 8.78. The SMILES string of the molecule is Nc1ccc2c(c1)CCN2CC1COC1. The van der Waals surface area contributed by atoms with Gasteiger partial charge in [0.15, 0.2) is 0 Å². The number of hydrogen-bond donors (Lipinski definition) is 1. The molecule has 3 heteroatoms. The van der Waals surface area contributed by atoms with Crippen molar-refractivity contribution in [3.05, 3.63) is 23.8 Å². The quantitative estimate of drug-likeness (QED) is 0.737. The molecule has 2 aliphatic heterocycles. The molecule has 3 nitrogen and oxygen atoms in total. The van der Waals surface area contributed by atoms with E-state index in [1.165, 1.54) is 11.3 Å². The van der Waals surface area contributed by atoms with Gasteiger partial charge in [0.05, 0.1) is 13.2 Å². The van der Waals surface area contributed by atoms with E-state index >= 15 is 0 Å². The Bertz CT molecular complexity index is 374. The van der Waals surface area contributed by atoms with Gasteiger partial charge < -0.3 is 15.4 Å². The summed E-state index contributed by atoms with van der Waals surface area (Å²) in [6, 6.07) is 6.25. The molecule has 0 atom stereocenters. The standard InChI is InChI=1S/C12H16N2O/c13-11-1-2-12-10(5-11)3-4-14(12)6-9-7-15-8-9/h1-2,5,9H,3-4,6-8,13H2. The van der Waals surface area contributed by atoms with Crippen molar-refractivity contribution in [1.82, 2.24) is 0 Å². The first-order valence-corrected chi connectivity index (χ1v) is 5.54. The third-order valence-corrected chi connectivity index (χ3v) is 3.28. The minimum Gasteiger partial charge on any atom is -0.399 e. The van der Waals surface area contributed by atoms with Gasteiger partial charge in [-0.2, -0.15) is 0 Å². The van der Waals surface area contributed by atoms with Crippen LogP contribution in [0.2, 0.25) is 0 Å². The number of ether oxygens (including phenoxy) is 1. The fourth-order valence-corrected chi connectivity index (χ4v) is 2.38. The third kappa shape index (κ3) is 1.57. The highest BCUT2D eigenvalue weighted by molar-refractivity contribution is 5.62. The van der Waals surface area contributed by atoms with Gasteiger partial charge in [-0.3, -0.25) is 0 Å². The Kier molecular flexibility index (Phi) is 2.06. The molecule has 0 bridgehead atoms. The Morgan fingerprint density at radius 1 is 1.40 bits per heavy atom. The summed E-state index contributed by atoms with van der Waals surface area (Å²) >= 11 is 0. The number of fused-ring (bicyclic) bond motifs is 1. The van der Waals surface area contributed by atoms with E-state index in [1.807, 2.05) is 6.07 Å². The Morgan fingerprint density at radius 2 is 2.27 bits per heavy atom. The van der Waals surface area contributed by atoms with Crippen LogP contribution in [0.3, 0.4) is 0 Å². The molecule has 1 aromatic rings. The molecule has 1 saturated heterocycles. The molecule has 1 aromatic carbocycles. The van der Waals surface area contributed by atoms with Crippen LogP contribution in [0, 0.1) is 5.92 Å². The second-order valence-corrected chi connectivity index (χ2v) is 4.49. The molecule has 15 heavy (non-hydrogen) atoms. The maximum atomic E-state index is 5.78. The van der Waals surface area contributed by atoms with Crippen molar-refractivity contribution in [3.8, 4) is 0 Å². The normalized spacial score (nSPS) is 20.1. The summed E-state index contributed by atoms with van der Waals surface area (Å²) in [4.78, 5) is 2.46. The highest BCUT2D eigenvalue weighted by atomic mass is 16.5. The largest absolute Gasteiger partial charge is 0.399 e. The maximum Gasteiger partial charge on any atom is 0.0533 e. The fraction of sp³-hybridized carbons (Fsp3) is 0.500. The van der Waals surface area contributed by atoms with Crippen molar-refractivity contribution in [1.29, 1.82) is 0 Å². The first-order valence-electron chi connectivity index (χ1n) is 5.54. The molecule has 0 aromatic heterocycles.